The van der Waals surface area contributed by atoms with Gasteiger partial charge >= 0.3 is 7.52 Å². The summed E-state index contributed by atoms with van der Waals surface area (Å²) in [6.45, 7) is 1.29. The molecule has 0 amide bonds. The maximum absolute atomic E-state index is 13.2. The third-order valence-corrected chi connectivity index (χ3v) is 6.98. The van der Waals surface area contributed by atoms with Crippen molar-refractivity contribution in [3.8, 4) is 5.75 Å². The van der Waals surface area contributed by atoms with Gasteiger partial charge in [0.05, 0.1) is 11.9 Å². The number of phenols is 1. The van der Waals surface area contributed by atoms with Crippen LogP contribution in [-0.2, 0) is 9.09 Å². The number of fused-ring (bicyclic) bond motifs is 2. The van der Waals surface area contributed by atoms with Gasteiger partial charge in [-0.1, -0.05) is 30.3 Å². The van der Waals surface area contributed by atoms with Crippen molar-refractivity contribution in [2.24, 2.45) is 0 Å². The molecular weight excluding hydrogens is 273 g/mol. The Balaban J connectivity index is 1.90. The van der Waals surface area contributed by atoms with E-state index in [0.717, 1.165) is 30.2 Å². The van der Waals surface area contributed by atoms with Gasteiger partial charge in [-0.2, -0.15) is 0 Å². The van der Waals surface area contributed by atoms with Crippen molar-refractivity contribution in [1.82, 2.24) is 4.67 Å². The highest BCUT2D eigenvalue weighted by Crippen LogP contribution is 2.59. The fourth-order valence-electron chi connectivity index (χ4n) is 3.28. The number of hydrogen-bond acceptors (Lipinski definition) is 3. The number of nitrogens with zero attached hydrogens (tertiary/aromatic N) is 1. The molecule has 2 aromatic carbocycles. The van der Waals surface area contributed by atoms with Crippen LogP contribution in [-0.4, -0.2) is 29.0 Å². The minimum Gasteiger partial charge on any atom is -0.506 e. The third kappa shape index (κ3) is 1.59. The monoisotopic (exact) mass is 289 g/mol. The molecular formula is C15H16NO3P. The van der Waals surface area contributed by atoms with Crippen LogP contribution >= 0.6 is 7.52 Å². The van der Waals surface area contributed by atoms with Gasteiger partial charge in [0.15, 0.2) is 0 Å². The molecule has 1 unspecified atom stereocenters. The molecule has 2 aliphatic rings. The van der Waals surface area contributed by atoms with Crippen LogP contribution in [0.2, 0.25) is 0 Å². The number of hydrogen-bond donors (Lipinski definition) is 1. The highest BCUT2D eigenvalue weighted by atomic mass is 31.2. The minimum atomic E-state index is -3.08. The van der Waals surface area contributed by atoms with Gasteiger partial charge in [0.25, 0.3) is 0 Å². The van der Waals surface area contributed by atoms with E-state index in [4.69, 9.17) is 4.52 Å². The summed E-state index contributed by atoms with van der Waals surface area (Å²) >= 11 is 0. The summed E-state index contributed by atoms with van der Waals surface area (Å²) in [6.07, 6.45) is 2.07. The molecule has 2 aromatic rings. The zero-order chi connectivity index (χ0) is 13.7. The number of benzene rings is 2. The lowest BCUT2D eigenvalue weighted by Gasteiger charge is -2.22. The fourth-order valence-corrected chi connectivity index (χ4v) is 5.88. The van der Waals surface area contributed by atoms with Crippen LogP contribution < -0.4 is 5.30 Å². The average molecular weight is 289 g/mol. The van der Waals surface area contributed by atoms with Crippen LogP contribution in [0.3, 0.4) is 0 Å². The van der Waals surface area contributed by atoms with E-state index in [2.05, 4.69) is 0 Å². The van der Waals surface area contributed by atoms with Crippen LogP contribution in [0.5, 0.6) is 5.75 Å². The maximum atomic E-state index is 13.2. The van der Waals surface area contributed by atoms with Crippen molar-refractivity contribution in [3.05, 3.63) is 36.4 Å². The smallest absolute Gasteiger partial charge is 0.306 e. The van der Waals surface area contributed by atoms with Gasteiger partial charge in [-0.25, -0.2) is 4.67 Å². The van der Waals surface area contributed by atoms with Gasteiger partial charge in [0.2, 0.25) is 0 Å². The highest BCUT2D eigenvalue weighted by Gasteiger charge is 2.48. The average Bonchev–Trinajstić information content (AvgIpc) is 3.05. The van der Waals surface area contributed by atoms with Crippen LogP contribution in [0.1, 0.15) is 12.8 Å². The highest BCUT2D eigenvalue weighted by molar-refractivity contribution is 7.65. The van der Waals surface area contributed by atoms with Gasteiger partial charge in [-0.15, -0.1) is 0 Å². The lowest BCUT2D eigenvalue weighted by Crippen LogP contribution is -2.24. The second kappa shape index (κ2) is 4.32. The first-order valence-electron chi connectivity index (χ1n) is 6.93. The Morgan fingerprint density at radius 2 is 2.10 bits per heavy atom. The van der Waals surface area contributed by atoms with E-state index in [9.17, 15) is 9.67 Å². The lowest BCUT2D eigenvalue weighted by atomic mass is 10.1. The Bertz CT molecular complexity index is 730. The SMILES string of the molecule is O=P1(c2ccc3ccccc3c2O)OC[C@@H]2CCCN21. The zero-order valence-corrected chi connectivity index (χ0v) is 11.9. The number of aromatic hydroxyl groups is 1. The zero-order valence-electron chi connectivity index (χ0n) is 11.0. The van der Waals surface area contributed by atoms with Crippen molar-refractivity contribution in [3.63, 3.8) is 0 Å². The normalized spacial score (nSPS) is 29.9. The standard InChI is InChI=1S/C15H16NO3P/c17-15-13-6-2-1-4-11(13)7-8-14(15)20(18)16-9-3-5-12(16)10-19-20/h1-2,4,6-8,12,17H,3,5,9-10H2/t12-,20?/m0/s1. The molecule has 0 aliphatic carbocycles. The summed E-state index contributed by atoms with van der Waals surface area (Å²) in [4.78, 5) is 0. The molecule has 2 aliphatic heterocycles. The molecule has 2 atom stereocenters. The van der Waals surface area contributed by atoms with E-state index in [1.165, 1.54) is 0 Å². The quantitative estimate of drug-likeness (QED) is 0.820. The topological polar surface area (TPSA) is 49.8 Å². The lowest BCUT2D eigenvalue weighted by molar-refractivity contribution is 0.330. The molecule has 0 bridgehead atoms. The first-order chi connectivity index (χ1) is 9.70. The number of rotatable bonds is 1. The molecule has 0 aromatic heterocycles. The van der Waals surface area contributed by atoms with Gasteiger partial charge < -0.3 is 9.63 Å². The summed E-state index contributed by atoms with van der Waals surface area (Å²) in [7, 11) is -3.08. The molecule has 2 heterocycles. The molecule has 4 rings (SSSR count). The molecule has 0 saturated carbocycles. The molecule has 4 nitrogen and oxygen atoms in total. The van der Waals surface area contributed by atoms with Crippen LogP contribution in [0, 0.1) is 0 Å². The van der Waals surface area contributed by atoms with Crippen LogP contribution in [0.25, 0.3) is 10.8 Å². The minimum absolute atomic E-state index is 0.0963. The Morgan fingerprint density at radius 1 is 1.25 bits per heavy atom. The van der Waals surface area contributed by atoms with Crippen molar-refractivity contribution >= 4 is 23.6 Å². The van der Waals surface area contributed by atoms with Crippen LogP contribution in [0.15, 0.2) is 36.4 Å². The van der Waals surface area contributed by atoms with Crippen molar-refractivity contribution in [2.45, 2.75) is 18.9 Å². The molecule has 0 radical (unpaired) electrons. The summed E-state index contributed by atoms with van der Waals surface area (Å²) < 4.78 is 20.8. The molecule has 2 fully saturated rings. The van der Waals surface area contributed by atoms with Gasteiger partial charge in [-0.05, 0) is 24.3 Å². The molecule has 104 valence electrons. The van der Waals surface area contributed by atoms with E-state index in [-0.39, 0.29) is 11.8 Å². The second-order valence-electron chi connectivity index (χ2n) is 5.43. The maximum Gasteiger partial charge on any atom is 0.306 e. The Labute approximate surface area is 117 Å². The number of phenolic OH excluding ortho intramolecular Hbond substituents is 1. The Kier molecular flexibility index (Phi) is 2.68. The van der Waals surface area contributed by atoms with Gasteiger partial charge in [-0.3, -0.25) is 4.57 Å². The van der Waals surface area contributed by atoms with E-state index in [1.807, 2.05) is 35.0 Å². The summed E-state index contributed by atoms with van der Waals surface area (Å²) in [6, 6.07) is 11.5. The first-order valence-corrected chi connectivity index (χ1v) is 8.51. The Morgan fingerprint density at radius 3 is 3.00 bits per heavy atom. The van der Waals surface area contributed by atoms with Crippen molar-refractivity contribution in [2.75, 3.05) is 13.2 Å². The molecule has 2 saturated heterocycles. The molecule has 5 heteroatoms. The first kappa shape index (κ1) is 12.4. The van der Waals surface area contributed by atoms with E-state index < -0.39 is 7.52 Å². The second-order valence-corrected chi connectivity index (χ2v) is 7.72. The van der Waals surface area contributed by atoms with E-state index >= 15 is 0 Å². The van der Waals surface area contributed by atoms with Crippen molar-refractivity contribution < 1.29 is 14.2 Å². The predicted molar refractivity (Wildman–Crippen MR) is 78.5 cm³/mol. The van der Waals surface area contributed by atoms with E-state index in [0.29, 0.717) is 11.9 Å². The predicted octanol–water partition coefficient (Wildman–Crippen LogP) is 2.86. The summed E-state index contributed by atoms with van der Waals surface area (Å²) in [5.74, 6) is 0.0963. The van der Waals surface area contributed by atoms with Crippen LogP contribution in [0.4, 0.5) is 0 Å². The van der Waals surface area contributed by atoms with Crippen molar-refractivity contribution in [1.29, 1.82) is 0 Å². The van der Waals surface area contributed by atoms with E-state index in [1.54, 1.807) is 6.07 Å². The van der Waals surface area contributed by atoms with Gasteiger partial charge in [0, 0.05) is 18.0 Å². The Hall–Kier alpha value is -1.35. The largest absolute Gasteiger partial charge is 0.506 e. The summed E-state index contributed by atoms with van der Waals surface area (Å²) in [5.41, 5.74) is 0. The third-order valence-electron chi connectivity index (χ3n) is 4.31. The molecule has 0 spiro atoms. The molecule has 20 heavy (non-hydrogen) atoms. The van der Waals surface area contributed by atoms with Gasteiger partial charge in [0.1, 0.15) is 5.75 Å². The molecule has 1 N–H and O–H groups in total. The fraction of sp³-hybridized carbons (Fsp3) is 0.333. The summed E-state index contributed by atoms with van der Waals surface area (Å²) in [5, 5.41) is 12.6.